The molecule has 5 nitrogen and oxygen atoms in total. The molecule has 6 heteroatoms. The van der Waals surface area contributed by atoms with Crippen LogP contribution in [0.3, 0.4) is 0 Å². The Morgan fingerprint density at radius 2 is 2.23 bits per heavy atom. The van der Waals surface area contributed by atoms with Gasteiger partial charge in [-0.15, -0.1) is 11.8 Å². The number of piperidine rings is 1. The lowest BCUT2D eigenvalue weighted by molar-refractivity contribution is 0.0688. The molecule has 22 heavy (non-hydrogen) atoms. The van der Waals surface area contributed by atoms with Crippen LogP contribution in [0.15, 0.2) is 40.0 Å². The van der Waals surface area contributed by atoms with E-state index in [1.807, 2.05) is 29.3 Å². The number of hydrogen-bond acceptors (Lipinski definition) is 5. The molecule has 0 bridgehead atoms. The average Bonchev–Trinajstić information content (AvgIpc) is 3.00. The van der Waals surface area contributed by atoms with Crippen molar-refractivity contribution in [3.63, 3.8) is 0 Å². The molecular formula is C16H19N3O2S. The summed E-state index contributed by atoms with van der Waals surface area (Å²) in [5.41, 5.74) is 0.416. The molecule has 2 aromatic rings. The third kappa shape index (κ3) is 3.68. The number of rotatable bonds is 4. The van der Waals surface area contributed by atoms with Crippen molar-refractivity contribution in [1.29, 1.82) is 0 Å². The predicted molar refractivity (Wildman–Crippen MR) is 84.8 cm³/mol. The lowest BCUT2D eigenvalue weighted by Crippen LogP contribution is -2.39. The van der Waals surface area contributed by atoms with Gasteiger partial charge < -0.3 is 9.42 Å². The van der Waals surface area contributed by atoms with E-state index in [-0.39, 0.29) is 5.91 Å². The van der Waals surface area contributed by atoms with E-state index in [1.165, 1.54) is 0 Å². The van der Waals surface area contributed by atoms with Crippen LogP contribution >= 0.6 is 11.8 Å². The topological polar surface area (TPSA) is 59.2 Å². The summed E-state index contributed by atoms with van der Waals surface area (Å²) in [7, 11) is 0. The summed E-state index contributed by atoms with van der Waals surface area (Å²) in [5.74, 6) is 2.34. The van der Waals surface area contributed by atoms with Crippen LogP contribution in [-0.2, 0) is 0 Å². The van der Waals surface area contributed by atoms with E-state index in [4.69, 9.17) is 4.52 Å². The molecule has 0 spiro atoms. The number of carbonyl (C=O) groups is 1. The number of thioether (sulfide) groups is 1. The molecule has 0 aliphatic carbocycles. The van der Waals surface area contributed by atoms with Gasteiger partial charge in [0.2, 0.25) is 0 Å². The Balaban J connectivity index is 1.47. The molecule has 1 amide bonds. The second-order valence-electron chi connectivity index (χ2n) is 5.54. The van der Waals surface area contributed by atoms with Gasteiger partial charge in [-0.25, -0.2) is 4.98 Å². The van der Waals surface area contributed by atoms with Gasteiger partial charge in [0.05, 0.1) is 5.03 Å². The third-order valence-electron chi connectivity index (χ3n) is 3.85. The Morgan fingerprint density at radius 3 is 2.86 bits per heavy atom. The maximum Gasteiger partial charge on any atom is 0.276 e. The summed E-state index contributed by atoms with van der Waals surface area (Å²) in [6.07, 6.45) is 3.88. The molecule has 116 valence electrons. The van der Waals surface area contributed by atoms with Crippen LogP contribution in [0.25, 0.3) is 0 Å². The summed E-state index contributed by atoms with van der Waals surface area (Å²) in [6.45, 7) is 3.38. The SMILES string of the molecule is Cc1cc(C(=O)N2CCC(CSc3ccccn3)CC2)no1. The molecule has 1 saturated heterocycles. The number of carbonyl (C=O) groups excluding carboxylic acids is 1. The summed E-state index contributed by atoms with van der Waals surface area (Å²) in [5, 5.41) is 4.88. The number of pyridine rings is 1. The zero-order valence-electron chi connectivity index (χ0n) is 12.6. The molecule has 2 aromatic heterocycles. The summed E-state index contributed by atoms with van der Waals surface area (Å²) < 4.78 is 4.98. The molecule has 3 heterocycles. The maximum absolute atomic E-state index is 12.3. The fraction of sp³-hybridized carbons (Fsp3) is 0.438. The first kappa shape index (κ1) is 15.1. The van der Waals surface area contributed by atoms with E-state index in [1.54, 1.807) is 24.8 Å². The Labute approximate surface area is 134 Å². The molecule has 1 aliphatic rings. The minimum atomic E-state index is -0.0207. The number of aromatic nitrogens is 2. The van der Waals surface area contributed by atoms with Gasteiger partial charge in [0, 0.05) is 31.1 Å². The van der Waals surface area contributed by atoms with Crippen molar-refractivity contribution in [2.45, 2.75) is 24.8 Å². The van der Waals surface area contributed by atoms with Crippen LogP contribution in [0.1, 0.15) is 29.1 Å². The Kier molecular flexibility index (Phi) is 4.77. The zero-order valence-corrected chi connectivity index (χ0v) is 13.4. The van der Waals surface area contributed by atoms with Crippen molar-refractivity contribution in [2.75, 3.05) is 18.8 Å². The van der Waals surface area contributed by atoms with Crippen LogP contribution < -0.4 is 0 Å². The Hall–Kier alpha value is -1.82. The summed E-state index contributed by atoms with van der Waals surface area (Å²) in [4.78, 5) is 18.5. The molecule has 0 atom stereocenters. The van der Waals surface area contributed by atoms with Gasteiger partial charge in [0.1, 0.15) is 5.76 Å². The van der Waals surface area contributed by atoms with E-state index >= 15 is 0 Å². The number of amides is 1. The number of nitrogens with zero attached hydrogens (tertiary/aromatic N) is 3. The molecule has 1 aliphatic heterocycles. The minimum Gasteiger partial charge on any atom is -0.361 e. The smallest absolute Gasteiger partial charge is 0.276 e. The fourth-order valence-electron chi connectivity index (χ4n) is 2.57. The molecule has 0 saturated carbocycles. The van der Waals surface area contributed by atoms with Crippen molar-refractivity contribution < 1.29 is 9.32 Å². The van der Waals surface area contributed by atoms with Gasteiger partial charge in [0.15, 0.2) is 5.69 Å². The van der Waals surface area contributed by atoms with E-state index in [9.17, 15) is 4.79 Å². The van der Waals surface area contributed by atoms with Crippen LogP contribution in [0.5, 0.6) is 0 Å². The molecule has 3 rings (SSSR count). The maximum atomic E-state index is 12.3. The quantitative estimate of drug-likeness (QED) is 0.811. The van der Waals surface area contributed by atoms with E-state index in [0.29, 0.717) is 17.4 Å². The molecule has 0 aromatic carbocycles. The minimum absolute atomic E-state index is 0.0207. The summed E-state index contributed by atoms with van der Waals surface area (Å²) in [6, 6.07) is 7.68. The predicted octanol–water partition coefficient (Wildman–Crippen LogP) is 3.02. The van der Waals surface area contributed by atoms with Gasteiger partial charge in [-0.3, -0.25) is 4.79 Å². The Bertz CT molecular complexity index is 621. The molecule has 0 unspecified atom stereocenters. The molecule has 0 N–H and O–H groups in total. The van der Waals surface area contributed by atoms with Crippen molar-refractivity contribution in [3.05, 3.63) is 41.9 Å². The highest BCUT2D eigenvalue weighted by Crippen LogP contribution is 2.25. The molecular weight excluding hydrogens is 298 g/mol. The first-order chi connectivity index (χ1) is 10.7. The van der Waals surface area contributed by atoms with Gasteiger partial charge in [0.25, 0.3) is 5.91 Å². The average molecular weight is 317 g/mol. The van der Waals surface area contributed by atoms with Gasteiger partial charge in [-0.2, -0.15) is 0 Å². The second kappa shape index (κ2) is 6.96. The Morgan fingerprint density at radius 1 is 1.41 bits per heavy atom. The van der Waals surface area contributed by atoms with Gasteiger partial charge in [-0.1, -0.05) is 11.2 Å². The number of likely N-dealkylation sites (tertiary alicyclic amines) is 1. The highest BCUT2D eigenvalue weighted by atomic mass is 32.2. The fourth-order valence-corrected chi connectivity index (χ4v) is 3.62. The zero-order chi connectivity index (χ0) is 15.4. The largest absolute Gasteiger partial charge is 0.361 e. The van der Waals surface area contributed by atoms with Crippen molar-refractivity contribution in [2.24, 2.45) is 5.92 Å². The highest BCUT2D eigenvalue weighted by molar-refractivity contribution is 7.99. The number of hydrogen-bond donors (Lipinski definition) is 0. The normalized spacial score (nSPS) is 16.0. The first-order valence-corrected chi connectivity index (χ1v) is 8.47. The van der Waals surface area contributed by atoms with Gasteiger partial charge in [-0.05, 0) is 37.8 Å². The standard InChI is InChI=1S/C16H19N3O2S/c1-12-10-14(18-21-12)16(20)19-8-5-13(6-9-19)11-22-15-4-2-3-7-17-15/h2-4,7,10,13H,5-6,8-9,11H2,1H3. The van der Waals surface area contributed by atoms with Gasteiger partial charge >= 0.3 is 0 Å². The highest BCUT2D eigenvalue weighted by Gasteiger charge is 2.25. The first-order valence-electron chi connectivity index (χ1n) is 7.49. The number of aryl methyl sites for hydroxylation is 1. The van der Waals surface area contributed by atoms with Crippen molar-refractivity contribution >= 4 is 17.7 Å². The van der Waals surface area contributed by atoms with E-state index in [2.05, 4.69) is 10.1 Å². The monoisotopic (exact) mass is 317 g/mol. The van der Waals surface area contributed by atoms with Crippen LogP contribution in [0.4, 0.5) is 0 Å². The van der Waals surface area contributed by atoms with Crippen LogP contribution in [0, 0.1) is 12.8 Å². The van der Waals surface area contributed by atoms with Crippen LogP contribution in [-0.4, -0.2) is 39.8 Å². The third-order valence-corrected chi connectivity index (χ3v) is 5.03. The lowest BCUT2D eigenvalue weighted by atomic mass is 9.99. The van der Waals surface area contributed by atoms with E-state index < -0.39 is 0 Å². The van der Waals surface area contributed by atoms with Crippen molar-refractivity contribution in [3.8, 4) is 0 Å². The molecule has 1 fully saturated rings. The summed E-state index contributed by atoms with van der Waals surface area (Å²) >= 11 is 1.79. The molecule has 0 radical (unpaired) electrons. The van der Waals surface area contributed by atoms with E-state index in [0.717, 1.165) is 36.7 Å². The lowest BCUT2D eigenvalue weighted by Gasteiger charge is -2.31. The second-order valence-corrected chi connectivity index (χ2v) is 6.58. The van der Waals surface area contributed by atoms with Crippen LogP contribution in [0.2, 0.25) is 0 Å². The van der Waals surface area contributed by atoms with Crippen molar-refractivity contribution in [1.82, 2.24) is 15.0 Å².